The molecule has 1 N–H and O–H groups in total. The number of hydrogen-bond acceptors (Lipinski definition) is 6. The first-order valence-corrected chi connectivity index (χ1v) is 11.1. The number of amides is 1. The monoisotopic (exact) mass is 454 g/mol. The largest absolute Gasteiger partial charge is 0.301 e. The van der Waals surface area contributed by atoms with Gasteiger partial charge in [-0.1, -0.05) is 47.7 Å². The van der Waals surface area contributed by atoms with Crippen LogP contribution in [0.4, 0.5) is 13.9 Å². The van der Waals surface area contributed by atoms with Crippen LogP contribution in [0.2, 0.25) is 0 Å². The third-order valence-electron chi connectivity index (χ3n) is 5.76. The van der Waals surface area contributed by atoms with Crippen LogP contribution >= 0.6 is 11.3 Å². The topological polar surface area (TPSA) is 85.6 Å². The molecule has 1 aliphatic carbocycles. The number of benzene rings is 2. The van der Waals surface area contributed by atoms with Gasteiger partial charge in [-0.15, -0.1) is 10.2 Å². The van der Waals surface area contributed by atoms with Crippen LogP contribution in [0.3, 0.4) is 0 Å². The van der Waals surface area contributed by atoms with Crippen molar-refractivity contribution in [1.82, 2.24) is 25.2 Å². The van der Waals surface area contributed by atoms with E-state index in [0.29, 0.717) is 22.9 Å². The number of hydrogen-bond donors (Lipinski definition) is 1. The van der Waals surface area contributed by atoms with Crippen molar-refractivity contribution in [2.24, 2.45) is 13.0 Å². The molecule has 0 unspecified atom stereocenters. The summed E-state index contributed by atoms with van der Waals surface area (Å²) in [5.41, 5.74) is 2.21. The molecule has 2 heterocycles. The molecule has 164 valence electrons. The molecule has 1 amide bonds. The number of aromatic nitrogens is 5. The fraction of sp³-hybridized carbons (Fsp3) is 0.318. The molecule has 1 saturated carbocycles. The average molecular weight is 455 g/mol. The minimum atomic E-state index is -2.75. The van der Waals surface area contributed by atoms with Gasteiger partial charge in [0.25, 0.3) is 0 Å². The van der Waals surface area contributed by atoms with Gasteiger partial charge >= 0.3 is 0 Å². The Hall–Kier alpha value is -3.27. The number of halogens is 2. The van der Waals surface area contributed by atoms with Gasteiger partial charge in [0.05, 0.1) is 23.2 Å². The summed E-state index contributed by atoms with van der Waals surface area (Å²) >= 11 is 1.37. The van der Waals surface area contributed by atoms with Crippen molar-refractivity contribution in [3.8, 4) is 11.4 Å². The van der Waals surface area contributed by atoms with E-state index in [1.807, 2.05) is 24.3 Å². The third kappa shape index (κ3) is 4.10. The lowest BCUT2D eigenvalue weighted by Gasteiger charge is -2.23. The Morgan fingerprint density at radius 2 is 2.00 bits per heavy atom. The van der Waals surface area contributed by atoms with E-state index in [1.54, 1.807) is 31.3 Å². The second-order valence-corrected chi connectivity index (χ2v) is 9.07. The van der Waals surface area contributed by atoms with Crippen LogP contribution in [0.1, 0.15) is 30.7 Å². The smallest absolute Gasteiger partial charge is 0.248 e. The number of alkyl halides is 2. The normalized spacial score (nSPS) is 18.7. The molecular weight excluding hydrogens is 434 g/mol. The van der Waals surface area contributed by atoms with Crippen LogP contribution in [0.25, 0.3) is 21.6 Å². The number of nitrogens with zero attached hydrogens (tertiary/aromatic N) is 5. The molecule has 7 nitrogen and oxygen atoms in total. The first-order valence-electron chi connectivity index (χ1n) is 10.3. The van der Waals surface area contributed by atoms with Gasteiger partial charge in [0.15, 0.2) is 5.13 Å². The number of para-hydroxylation sites is 1. The molecule has 4 aromatic rings. The molecule has 2 aromatic carbocycles. The first-order chi connectivity index (χ1) is 15.4. The third-order valence-corrected chi connectivity index (χ3v) is 6.71. The molecule has 2 aromatic heterocycles. The van der Waals surface area contributed by atoms with Crippen LogP contribution in [0.15, 0.2) is 48.5 Å². The highest BCUT2D eigenvalue weighted by atomic mass is 32.1. The standard InChI is InChI=1S/C22H20F2N6OS/c1-30-28-19(27-29-30)14-8-6-13(7-9-14)18(15-10-11-22(23,24)12-15)20(31)26-21-25-16-4-2-3-5-17(16)32-21/h2-9,15,18H,10-12H2,1H3,(H,25,26,31)/t15-,18+/m0/s1. The fourth-order valence-corrected chi connectivity index (χ4v) is 5.12. The van der Waals surface area contributed by atoms with Crippen LogP contribution in [0.5, 0.6) is 0 Å². The lowest BCUT2D eigenvalue weighted by molar-refractivity contribution is -0.118. The summed E-state index contributed by atoms with van der Waals surface area (Å²) in [5.74, 6) is -3.78. The summed E-state index contributed by atoms with van der Waals surface area (Å²) in [4.78, 5) is 19.1. The number of tetrazole rings is 1. The Balaban J connectivity index is 1.44. The molecule has 5 rings (SSSR count). The van der Waals surface area contributed by atoms with Gasteiger partial charge in [0.1, 0.15) is 0 Å². The van der Waals surface area contributed by atoms with Gasteiger partial charge < -0.3 is 5.32 Å². The van der Waals surface area contributed by atoms with Gasteiger partial charge in [-0.3, -0.25) is 4.79 Å². The van der Waals surface area contributed by atoms with E-state index in [-0.39, 0.29) is 18.7 Å². The SMILES string of the molecule is Cn1nnc(-c2ccc([C@@H](C(=O)Nc3nc4ccccc4s3)[C@H]3CCC(F)(F)C3)cc2)n1. The maximum Gasteiger partial charge on any atom is 0.248 e. The fourth-order valence-electron chi connectivity index (χ4n) is 4.25. The summed E-state index contributed by atoms with van der Waals surface area (Å²) in [6.45, 7) is 0. The lowest BCUT2D eigenvalue weighted by Crippen LogP contribution is -2.27. The second kappa shape index (κ2) is 8.01. The van der Waals surface area contributed by atoms with Crippen molar-refractivity contribution < 1.29 is 13.6 Å². The zero-order chi connectivity index (χ0) is 22.3. The summed E-state index contributed by atoms with van der Waals surface area (Å²) in [7, 11) is 1.67. The maximum absolute atomic E-state index is 14.0. The minimum absolute atomic E-state index is 0.204. The Morgan fingerprint density at radius 3 is 2.66 bits per heavy atom. The zero-order valence-electron chi connectivity index (χ0n) is 17.2. The number of thiazole rings is 1. The van der Waals surface area contributed by atoms with Crippen LogP contribution in [-0.2, 0) is 11.8 Å². The molecule has 0 bridgehead atoms. The van der Waals surface area contributed by atoms with Gasteiger partial charge in [-0.25, -0.2) is 13.8 Å². The minimum Gasteiger partial charge on any atom is -0.301 e. The molecule has 32 heavy (non-hydrogen) atoms. The first kappa shape index (κ1) is 20.6. The van der Waals surface area contributed by atoms with E-state index in [2.05, 4.69) is 25.7 Å². The molecule has 10 heteroatoms. The van der Waals surface area contributed by atoms with Crippen molar-refractivity contribution in [1.29, 1.82) is 0 Å². The summed E-state index contributed by atoms with van der Waals surface area (Å²) in [5, 5.41) is 15.3. The molecule has 1 aliphatic rings. The maximum atomic E-state index is 14.0. The van der Waals surface area contributed by atoms with Gasteiger partial charge in [0.2, 0.25) is 17.7 Å². The van der Waals surface area contributed by atoms with E-state index in [1.165, 1.54) is 16.1 Å². The van der Waals surface area contributed by atoms with E-state index >= 15 is 0 Å². The summed E-state index contributed by atoms with van der Waals surface area (Å²) < 4.78 is 29.0. The number of nitrogens with one attached hydrogen (secondary N) is 1. The van der Waals surface area contributed by atoms with Crippen LogP contribution < -0.4 is 5.32 Å². The molecule has 0 radical (unpaired) electrons. The zero-order valence-corrected chi connectivity index (χ0v) is 18.0. The molecule has 0 spiro atoms. The number of fused-ring (bicyclic) bond motifs is 1. The molecular formula is C22H20F2N6OS. The van der Waals surface area contributed by atoms with Crippen LogP contribution in [0, 0.1) is 5.92 Å². The Bertz CT molecular complexity index is 1240. The highest BCUT2D eigenvalue weighted by Crippen LogP contribution is 2.46. The second-order valence-electron chi connectivity index (χ2n) is 8.04. The van der Waals surface area contributed by atoms with Gasteiger partial charge in [-0.05, 0) is 35.2 Å². The number of carbonyl (C=O) groups is 1. The van der Waals surface area contributed by atoms with E-state index in [0.717, 1.165) is 15.8 Å². The summed E-state index contributed by atoms with van der Waals surface area (Å²) in [6, 6.07) is 14.7. The Kier molecular flexibility index (Phi) is 5.16. The predicted molar refractivity (Wildman–Crippen MR) is 118 cm³/mol. The van der Waals surface area contributed by atoms with Crippen molar-refractivity contribution in [3.63, 3.8) is 0 Å². The molecule has 2 atom stereocenters. The quantitative estimate of drug-likeness (QED) is 0.475. The molecule has 1 fully saturated rings. The van der Waals surface area contributed by atoms with Crippen molar-refractivity contribution in [3.05, 3.63) is 54.1 Å². The van der Waals surface area contributed by atoms with Gasteiger partial charge in [-0.2, -0.15) is 4.80 Å². The number of anilines is 1. The van der Waals surface area contributed by atoms with E-state index in [4.69, 9.17) is 0 Å². The average Bonchev–Trinajstić information content (AvgIpc) is 3.46. The highest BCUT2D eigenvalue weighted by Gasteiger charge is 2.45. The number of aryl methyl sites for hydroxylation is 1. The number of rotatable bonds is 5. The Morgan fingerprint density at radius 1 is 1.22 bits per heavy atom. The molecule has 0 saturated heterocycles. The Labute approximate surface area is 186 Å². The van der Waals surface area contributed by atoms with E-state index in [9.17, 15) is 13.6 Å². The van der Waals surface area contributed by atoms with Gasteiger partial charge in [0, 0.05) is 18.4 Å². The van der Waals surface area contributed by atoms with E-state index < -0.39 is 17.8 Å². The predicted octanol–water partition coefficient (Wildman–Crippen LogP) is 4.64. The number of carbonyl (C=O) groups excluding carboxylic acids is 1. The summed E-state index contributed by atoms with van der Waals surface area (Å²) in [6.07, 6.45) is -0.221. The van der Waals surface area contributed by atoms with Crippen LogP contribution in [-0.4, -0.2) is 37.0 Å². The van der Waals surface area contributed by atoms with Crippen molar-refractivity contribution >= 4 is 32.6 Å². The molecule has 0 aliphatic heterocycles. The lowest BCUT2D eigenvalue weighted by atomic mass is 9.83. The van der Waals surface area contributed by atoms with Crippen molar-refractivity contribution in [2.75, 3.05) is 5.32 Å². The highest BCUT2D eigenvalue weighted by molar-refractivity contribution is 7.22. The van der Waals surface area contributed by atoms with Crippen molar-refractivity contribution in [2.45, 2.75) is 31.1 Å².